The first kappa shape index (κ1) is 25.6. The Morgan fingerprint density at radius 1 is 1.10 bits per heavy atom. The molecule has 208 valence electrons. The first-order valence-electron chi connectivity index (χ1n) is 14.9. The van der Waals surface area contributed by atoms with Crippen LogP contribution in [0.5, 0.6) is 6.01 Å². The first-order valence-corrected chi connectivity index (χ1v) is 14.9. The standard InChI is InChI=1S/C31H36FN7O/c32-26-27(24-9-3-7-21-6-1-2-8-23(21)24)35-18-25-28(26)36-30(40-20-31-11-4-15-39(31)16-5-12-31)37-29(25)38-17-14-34-22(19-38)10-13-33/h3,7,9,18,22,34H,1-2,4-6,8,10-12,14-17,19-20H2/t22-/m0/s1. The number of anilines is 1. The highest BCUT2D eigenvalue weighted by atomic mass is 19.1. The average molecular weight is 542 g/mol. The molecule has 0 bridgehead atoms. The Hall–Kier alpha value is -3.35. The fraction of sp³-hybridized carbons (Fsp3) is 0.548. The molecule has 0 radical (unpaired) electrons. The molecule has 5 heterocycles. The zero-order chi connectivity index (χ0) is 27.1. The number of aromatic nitrogens is 3. The normalized spacial score (nSPS) is 22.2. The van der Waals surface area contributed by atoms with E-state index in [9.17, 15) is 5.26 Å². The summed E-state index contributed by atoms with van der Waals surface area (Å²) >= 11 is 0. The lowest BCUT2D eigenvalue weighted by atomic mass is 9.87. The zero-order valence-corrected chi connectivity index (χ0v) is 23.0. The number of aryl methyl sites for hydroxylation is 1. The zero-order valence-electron chi connectivity index (χ0n) is 23.0. The van der Waals surface area contributed by atoms with Crippen LogP contribution in [0.3, 0.4) is 0 Å². The van der Waals surface area contributed by atoms with E-state index >= 15 is 4.39 Å². The van der Waals surface area contributed by atoms with Gasteiger partial charge < -0.3 is 15.0 Å². The van der Waals surface area contributed by atoms with Gasteiger partial charge in [-0.25, -0.2) is 4.39 Å². The summed E-state index contributed by atoms with van der Waals surface area (Å²) in [5.74, 6) is 0.208. The smallest absolute Gasteiger partial charge is 0.319 e. The number of nitriles is 1. The van der Waals surface area contributed by atoms with E-state index in [0.717, 1.165) is 63.7 Å². The molecule has 1 aromatic carbocycles. The molecule has 3 aliphatic heterocycles. The summed E-state index contributed by atoms with van der Waals surface area (Å²) in [6, 6.07) is 8.65. The van der Waals surface area contributed by atoms with Crippen molar-refractivity contribution in [1.29, 1.82) is 5.26 Å². The number of pyridine rings is 1. The summed E-state index contributed by atoms with van der Waals surface area (Å²) in [6.45, 7) is 4.75. The van der Waals surface area contributed by atoms with Crippen LogP contribution in [0, 0.1) is 17.1 Å². The quantitative estimate of drug-likeness (QED) is 0.491. The van der Waals surface area contributed by atoms with Gasteiger partial charge in [0.15, 0.2) is 5.82 Å². The number of halogens is 1. The molecule has 9 heteroatoms. The third kappa shape index (κ3) is 4.47. The molecule has 4 aliphatic rings. The van der Waals surface area contributed by atoms with Gasteiger partial charge in [0.2, 0.25) is 0 Å². The third-order valence-electron chi connectivity index (χ3n) is 9.47. The molecule has 40 heavy (non-hydrogen) atoms. The molecule has 0 amide bonds. The van der Waals surface area contributed by atoms with E-state index in [1.54, 1.807) is 6.20 Å². The van der Waals surface area contributed by atoms with E-state index in [0.29, 0.717) is 43.0 Å². The van der Waals surface area contributed by atoms with Crippen LogP contribution in [0.1, 0.15) is 56.1 Å². The van der Waals surface area contributed by atoms with E-state index in [4.69, 9.17) is 14.7 Å². The van der Waals surface area contributed by atoms with Gasteiger partial charge in [0.1, 0.15) is 23.6 Å². The lowest BCUT2D eigenvalue weighted by Crippen LogP contribution is -2.51. The summed E-state index contributed by atoms with van der Waals surface area (Å²) in [5.41, 5.74) is 3.99. The van der Waals surface area contributed by atoms with Crippen molar-refractivity contribution in [2.24, 2.45) is 0 Å². The Morgan fingerprint density at radius 3 is 2.80 bits per heavy atom. The maximum absolute atomic E-state index is 16.5. The van der Waals surface area contributed by atoms with Gasteiger partial charge >= 0.3 is 6.01 Å². The minimum absolute atomic E-state index is 0.0190. The van der Waals surface area contributed by atoms with Crippen molar-refractivity contribution >= 4 is 16.7 Å². The molecule has 3 saturated heterocycles. The third-order valence-corrected chi connectivity index (χ3v) is 9.47. The number of fused-ring (bicyclic) bond motifs is 3. The molecule has 0 unspecified atom stereocenters. The molecule has 7 rings (SSSR count). The lowest BCUT2D eigenvalue weighted by Gasteiger charge is -2.34. The molecular weight excluding hydrogens is 505 g/mol. The Balaban J connectivity index is 1.31. The van der Waals surface area contributed by atoms with E-state index in [1.807, 2.05) is 12.1 Å². The predicted octanol–water partition coefficient (Wildman–Crippen LogP) is 4.41. The molecule has 3 aromatic rings. The SMILES string of the molecule is N#CC[C@H]1CN(c2nc(OCC34CCCN3CCC4)nc3c(F)c(-c4cccc5c4CCCC5)ncc23)CCN1. The van der Waals surface area contributed by atoms with E-state index in [2.05, 4.69) is 32.2 Å². The molecule has 8 nitrogen and oxygen atoms in total. The fourth-order valence-corrected chi connectivity index (χ4v) is 7.44. The molecule has 1 atom stereocenters. The van der Waals surface area contributed by atoms with Crippen molar-refractivity contribution < 1.29 is 9.13 Å². The van der Waals surface area contributed by atoms with Crippen molar-refractivity contribution in [3.05, 3.63) is 41.3 Å². The maximum Gasteiger partial charge on any atom is 0.319 e. The van der Waals surface area contributed by atoms with Crippen molar-refractivity contribution in [3.8, 4) is 23.3 Å². The summed E-state index contributed by atoms with van der Waals surface area (Å²) in [5, 5.41) is 13.3. The van der Waals surface area contributed by atoms with Gasteiger partial charge in [-0.1, -0.05) is 18.2 Å². The number of ether oxygens (including phenoxy) is 1. The van der Waals surface area contributed by atoms with Crippen molar-refractivity contribution in [3.63, 3.8) is 0 Å². The Bertz CT molecular complexity index is 1460. The molecule has 2 aromatic heterocycles. The topological polar surface area (TPSA) is 90.2 Å². The van der Waals surface area contributed by atoms with E-state index in [1.165, 1.54) is 24.0 Å². The largest absolute Gasteiger partial charge is 0.461 e. The fourth-order valence-electron chi connectivity index (χ4n) is 7.44. The van der Waals surface area contributed by atoms with Crippen molar-refractivity contribution in [2.45, 2.75) is 69.4 Å². The minimum atomic E-state index is -0.421. The summed E-state index contributed by atoms with van der Waals surface area (Å²) in [6.07, 6.45) is 10.9. The number of benzene rings is 1. The number of nitrogens with one attached hydrogen (secondary N) is 1. The number of piperazine rings is 1. The van der Waals surface area contributed by atoms with Crippen LogP contribution < -0.4 is 15.0 Å². The minimum Gasteiger partial charge on any atom is -0.461 e. The Kier molecular flexibility index (Phi) is 6.76. The second kappa shape index (κ2) is 10.6. The van der Waals surface area contributed by atoms with Crippen LogP contribution in [-0.4, -0.2) is 70.8 Å². The number of hydrogen-bond acceptors (Lipinski definition) is 8. The van der Waals surface area contributed by atoms with Crippen LogP contribution >= 0.6 is 0 Å². The van der Waals surface area contributed by atoms with Crippen molar-refractivity contribution in [1.82, 2.24) is 25.2 Å². The Labute approximate surface area is 234 Å². The molecular formula is C31H36FN7O. The van der Waals surface area contributed by atoms with Gasteiger partial charge in [-0.3, -0.25) is 9.88 Å². The monoisotopic (exact) mass is 541 g/mol. The summed E-state index contributed by atoms with van der Waals surface area (Å²) < 4.78 is 22.9. The van der Waals surface area contributed by atoms with Crippen LogP contribution in [0.25, 0.3) is 22.2 Å². The van der Waals surface area contributed by atoms with Gasteiger partial charge in [-0.05, 0) is 75.6 Å². The Morgan fingerprint density at radius 2 is 1.95 bits per heavy atom. The predicted molar refractivity (Wildman–Crippen MR) is 152 cm³/mol. The van der Waals surface area contributed by atoms with Crippen molar-refractivity contribution in [2.75, 3.05) is 44.2 Å². The highest BCUT2D eigenvalue weighted by molar-refractivity contribution is 5.92. The summed E-state index contributed by atoms with van der Waals surface area (Å²) in [7, 11) is 0. The second-order valence-electron chi connectivity index (χ2n) is 11.8. The number of nitrogens with zero attached hydrogens (tertiary/aromatic N) is 6. The van der Waals surface area contributed by atoms with Crippen LogP contribution in [0.4, 0.5) is 10.2 Å². The van der Waals surface area contributed by atoms with Crippen LogP contribution in [-0.2, 0) is 12.8 Å². The van der Waals surface area contributed by atoms with Gasteiger partial charge in [0.05, 0.1) is 23.4 Å². The van der Waals surface area contributed by atoms with E-state index in [-0.39, 0.29) is 23.1 Å². The highest BCUT2D eigenvalue weighted by Gasteiger charge is 2.45. The molecule has 3 fully saturated rings. The number of rotatable bonds is 6. The van der Waals surface area contributed by atoms with Crippen LogP contribution in [0.15, 0.2) is 24.4 Å². The summed E-state index contributed by atoms with van der Waals surface area (Å²) in [4.78, 5) is 18.9. The van der Waals surface area contributed by atoms with Gasteiger partial charge in [-0.2, -0.15) is 15.2 Å². The van der Waals surface area contributed by atoms with Crippen LogP contribution in [0.2, 0.25) is 0 Å². The first-order chi connectivity index (χ1) is 19.6. The van der Waals surface area contributed by atoms with Gasteiger partial charge in [-0.15, -0.1) is 0 Å². The maximum atomic E-state index is 16.5. The van der Waals surface area contributed by atoms with Gasteiger partial charge in [0.25, 0.3) is 0 Å². The van der Waals surface area contributed by atoms with Gasteiger partial charge in [0, 0.05) is 37.4 Å². The number of hydrogen-bond donors (Lipinski definition) is 1. The molecule has 0 spiro atoms. The molecule has 1 aliphatic carbocycles. The highest BCUT2D eigenvalue weighted by Crippen LogP contribution is 2.40. The second-order valence-corrected chi connectivity index (χ2v) is 11.8. The lowest BCUT2D eigenvalue weighted by molar-refractivity contribution is 0.108. The average Bonchev–Trinajstić information content (AvgIpc) is 3.57. The molecule has 1 N–H and O–H groups in total. The molecule has 0 saturated carbocycles. The van der Waals surface area contributed by atoms with E-state index < -0.39 is 5.82 Å².